The average molecular weight is 287 g/mol. The summed E-state index contributed by atoms with van der Waals surface area (Å²) in [6.07, 6.45) is 0.870. The molecular formula is C16H17NO2S. The third kappa shape index (κ3) is 2.76. The molecular weight excluding hydrogens is 270 g/mol. The molecule has 0 saturated heterocycles. The number of hydrogen-bond donors (Lipinski definition) is 1. The van der Waals surface area contributed by atoms with Crippen LogP contribution < -0.4 is 4.72 Å². The number of aryl methyl sites for hydroxylation is 1. The molecule has 20 heavy (non-hydrogen) atoms. The fourth-order valence-electron chi connectivity index (χ4n) is 2.44. The SMILES string of the molecule is Cc1cccc(S(=O)(=O)N[C@@H]2C[C@H]2c2ccccc2)c1. The van der Waals surface area contributed by atoms with Crippen molar-refractivity contribution >= 4 is 10.0 Å². The maximum atomic E-state index is 12.3. The van der Waals surface area contributed by atoms with E-state index in [1.54, 1.807) is 18.2 Å². The first-order valence-electron chi connectivity index (χ1n) is 6.70. The van der Waals surface area contributed by atoms with Crippen LogP contribution in [0.15, 0.2) is 59.5 Å². The maximum Gasteiger partial charge on any atom is 0.240 e. The summed E-state index contributed by atoms with van der Waals surface area (Å²) in [5.74, 6) is 0.302. The Balaban J connectivity index is 1.73. The summed E-state index contributed by atoms with van der Waals surface area (Å²) in [4.78, 5) is 0.344. The lowest BCUT2D eigenvalue weighted by Gasteiger charge is -2.07. The van der Waals surface area contributed by atoms with E-state index in [9.17, 15) is 8.42 Å². The van der Waals surface area contributed by atoms with Gasteiger partial charge in [0.1, 0.15) is 0 Å². The van der Waals surface area contributed by atoms with Crippen molar-refractivity contribution in [2.45, 2.75) is 30.2 Å². The molecule has 0 aromatic heterocycles. The summed E-state index contributed by atoms with van der Waals surface area (Å²) in [5.41, 5.74) is 2.15. The van der Waals surface area contributed by atoms with Gasteiger partial charge in [0.15, 0.2) is 0 Å². The standard InChI is InChI=1S/C16H17NO2S/c1-12-6-5-9-14(10-12)20(18,19)17-16-11-15(16)13-7-3-2-4-8-13/h2-10,15-17H,11H2,1H3/t15-,16+/m0/s1. The van der Waals surface area contributed by atoms with Crippen LogP contribution in [0, 0.1) is 6.92 Å². The fraction of sp³-hybridized carbons (Fsp3) is 0.250. The van der Waals surface area contributed by atoms with E-state index in [1.807, 2.05) is 43.3 Å². The highest BCUT2D eigenvalue weighted by atomic mass is 32.2. The lowest BCUT2D eigenvalue weighted by molar-refractivity contribution is 0.580. The first kappa shape index (κ1) is 13.3. The molecule has 2 aromatic carbocycles. The molecule has 3 nitrogen and oxygen atoms in total. The van der Waals surface area contributed by atoms with Crippen LogP contribution in [0.25, 0.3) is 0 Å². The molecule has 1 N–H and O–H groups in total. The van der Waals surface area contributed by atoms with Gasteiger partial charge in [-0.3, -0.25) is 0 Å². The molecule has 1 aliphatic carbocycles. The Labute approximate surface area is 119 Å². The summed E-state index contributed by atoms with van der Waals surface area (Å²) in [5, 5.41) is 0. The second-order valence-electron chi connectivity index (χ2n) is 5.30. The van der Waals surface area contributed by atoms with Gasteiger partial charge in [-0.1, -0.05) is 42.5 Å². The third-order valence-corrected chi connectivity index (χ3v) is 5.11. The summed E-state index contributed by atoms with van der Waals surface area (Å²) >= 11 is 0. The fourth-order valence-corrected chi connectivity index (χ4v) is 3.84. The smallest absolute Gasteiger partial charge is 0.207 e. The summed E-state index contributed by atoms with van der Waals surface area (Å²) in [7, 11) is -3.41. The van der Waals surface area contributed by atoms with Crippen molar-refractivity contribution in [1.29, 1.82) is 0 Å². The van der Waals surface area contributed by atoms with E-state index < -0.39 is 10.0 Å². The second kappa shape index (κ2) is 5.04. The van der Waals surface area contributed by atoms with Crippen molar-refractivity contribution in [2.75, 3.05) is 0 Å². The van der Waals surface area contributed by atoms with Gasteiger partial charge in [0.2, 0.25) is 10.0 Å². The molecule has 1 saturated carbocycles. The Morgan fingerprint density at radius 1 is 1.05 bits per heavy atom. The van der Waals surface area contributed by atoms with Crippen LogP contribution >= 0.6 is 0 Å². The highest BCUT2D eigenvalue weighted by Crippen LogP contribution is 2.41. The van der Waals surface area contributed by atoms with Crippen molar-refractivity contribution in [3.8, 4) is 0 Å². The van der Waals surface area contributed by atoms with Crippen LogP contribution in [0.3, 0.4) is 0 Å². The Bertz CT molecular complexity index is 710. The van der Waals surface area contributed by atoms with Gasteiger partial charge in [-0.15, -0.1) is 0 Å². The molecule has 0 bridgehead atoms. The van der Waals surface area contributed by atoms with E-state index in [2.05, 4.69) is 4.72 Å². The molecule has 1 aliphatic rings. The van der Waals surface area contributed by atoms with Gasteiger partial charge in [0.25, 0.3) is 0 Å². The minimum absolute atomic E-state index is 0.0166. The molecule has 0 amide bonds. The van der Waals surface area contributed by atoms with E-state index in [4.69, 9.17) is 0 Å². The summed E-state index contributed by atoms with van der Waals surface area (Å²) in [6, 6.07) is 17.0. The first-order valence-corrected chi connectivity index (χ1v) is 8.18. The van der Waals surface area contributed by atoms with E-state index in [1.165, 1.54) is 5.56 Å². The van der Waals surface area contributed by atoms with E-state index in [-0.39, 0.29) is 6.04 Å². The van der Waals surface area contributed by atoms with Crippen LogP contribution in [0.1, 0.15) is 23.5 Å². The summed E-state index contributed by atoms with van der Waals surface area (Å²) in [6.45, 7) is 1.89. The zero-order valence-electron chi connectivity index (χ0n) is 11.3. The molecule has 0 aliphatic heterocycles. The van der Waals surface area contributed by atoms with E-state index >= 15 is 0 Å². The number of rotatable bonds is 4. The molecule has 0 unspecified atom stereocenters. The van der Waals surface area contributed by atoms with Crippen molar-refractivity contribution in [3.63, 3.8) is 0 Å². The quantitative estimate of drug-likeness (QED) is 0.940. The highest BCUT2D eigenvalue weighted by molar-refractivity contribution is 7.89. The van der Waals surface area contributed by atoms with Crippen LogP contribution in [0.4, 0.5) is 0 Å². The predicted molar refractivity (Wildman–Crippen MR) is 79.1 cm³/mol. The number of sulfonamides is 1. The molecule has 2 aromatic rings. The minimum Gasteiger partial charge on any atom is -0.207 e. The second-order valence-corrected chi connectivity index (χ2v) is 7.01. The Hall–Kier alpha value is -1.65. The Morgan fingerprint density at radius 2 is 1.80 bits per heavy atom. The van der Waals surface area contributed by atoms with Crippen LogP contribution in [-0.4, -0.2) is 14.5 Å². The highest BCUT2D eigenvalue weighted by Gasteiger charge is 2.41. The van der Waals surface area contributed by atoms with Gasteiger partial charge in [-0.25, -0.2) is 13.1 Å². The monoisotopic (exact) mass is 287 g/mol. The van der Waals surface area contributed by atoms with Crippen LogP contribution in [0.5, 0.6) is 0 Å². The zero-order chi connectivity index (χ0) is 14.2. The van der Waals surface area contributed by atoms with Gasteiger partial charge < -0.3 is 0 Å². The van der Waals surface area contributed by atoms with Crippen molar-refractivity contribution in [2.24, 2.45) is 0 Å². The lowest BCUT2D eigenvalue weighted by atomic mass is 10.1. The predicted octanol–water partition coefficient (Wildman–Crippen LogP) is 2.83. The molecule has 2 atom stereocenters. The molecule has 4 heteroatoms. The number of hydrogen-bond acceptors (Lipinski definition) is 2. The molecule has 0 radical (unpaired) electrons. The van der Waals surface area contributed by atoms with E-state index in [0.717, 1.165) is 12.0 Å². The normalized spacial score (nSPS) is 21.6. The average Bonchev–Trinajstić information content (AvgIpc) is 3.18. The van der Waals surface area contributed by atoms with Crippen molar-refractivity contribution in [3.05, 3.63) is 65.7 Å². The topological polar surface area (TPSA) is 46.2 Å². The maximum absolute atomic E-state index is 12.3. The largest absolute Gasteiger partial charge is 0.240 e. The Kier molecular flexibility index (Phi) is 3.36. The number of benzene rings is 2. The van der Waals surface area contributed by atoms with Gasteiger partial charge in [-0.05, 0) is 36.6 Å². The molecule has 3 rings (SSSR count). The van der Waals surface area contributed by atoms with Gasteiger partial charge in [-0.2, -0.15) is 0 Å². The van der Waals surface area contributed by atoms with Gasteiger partial charge >= 0.3 is 0 Å². The molecule has 0 spiro atoms. The van der Waals surface area contributed by atoms with Gasteiger partial charge in [0, 0.05) is 12.0 Å². The molecule has 0 heterocycles. The van der Waals surface area contributed by atoms with E-state index in [0.29, 0.717) is 10.8 Å². The summed E-state index contributed by atoms with van der Waals surface area (Å²) < 4.78 is 27.4. The lowest BCUT2D eigenvalue weighted by Crippen LogP contribution is -2.26. The van der Waals surface area contributed by atoms with Crippen LogP contribution in [0.2, 0.25) is 0 Å². The van der Waals surface area contributed by atoms with Crippen molar-refractivity contribution in [1.82, 2.24) is 4.72 Å². The van der Waals surface area contributed by atoms with Crippen LogP contribution in [-0.2, 0) is 10.0 Å². The van der Waals surface area contributed by atoms with Gasteiger partial charge in [0.05, 0.1) is 4.90 Å². The number of nitrogens with one attached hydrogen (secondary N) is 1. The molecule has 1 fully saturated rings. The first-order chi connectivity index (χ1) is 9.56. The third-order valence-electron chi connectivity index (χ3n) is 3.62. The zero-order valence-corrected chi connectivity index (χ0v) is 12.1. The minimum atomic E-state index is -3.41. The Morgan fingerprint density at radius 3 is 2.50 bits per heavy atom. The molecule has 104 valence electrons. The van der Waals surface area contributed by atoms with Crippen molar-refractivity contribution < 1.29 is 8.42 Å².